The van der Waals surface area contributed by atoms with Crippen molar-refractivity contribution in [2.75, 3.05) is 0 Å². The molecule has 4 heteroatoms. The Kier molecular flexibility index (Phi) is 3.28. The van der Waals surface area contributed by atoms with Crippen molar-refractivity contribution >= 4 is 55.5 Å². The van der Waals surface area contributed by atoms with Crippen LogP contribution in [0.4, 0.5) is 0 Å². The van der Waals surface area contributed by atoms with Crippen molar-refractivity contribution in [1.29, 1.82) is 0 Å². The first-order chi connectivity index (χ1) is 4.36. The molecule has 0 aliphatic heterocycles. The van der Waals surface area contributed by atoms with Crippen molar-refractivity contribution in [2.24, 2.45) is 0 Å². The molecule has 1 aromatic heterocycles. The predicted molar refractivity (Wildman–Crippen MR) is 43.0 cm³/mol. The molecule has 1 rings (SSSR count). The van der Waals surface area contributed by atoms with Crippen molar-refractivity contribution in [1.82, 2.24) is 4.98 Å². The normalized spacial score (nSPS) is 8.89. The van der Waals surface area contributed by atoms with Gasteiger partial charge in [0.1, 0.15) is 0 Å². The summed E-state index contributed by atoms with van der Waals surface area (Å²) < 4.78 is 2.48. The summed E-state index contributed by atoms with van der Waals surface area (Å²) >= 11 is 6.13. The molecule has 0 aliphatic rings. The molecule has 0 atom stereocenters. The van der Waals surface area contributed by atoms with E-state index >= 15 is 0 Å². The number of hydrogen-bond donors (Lipinski definition) is 0. The fraction of sp³-hybridized carbons (Fsp3) is 0. The molecule has 1 heterocycles. The summed E-state index contributed by atoms with van der Waals surface area (Å²) in [6.07, 6.45) is 1.90. The summed E-state index contributed by atoms with van der Waals surface area (Å²) in [6, 6.07) is 0. The zero-order valence-electron chi connectivity index (χ0n) is 4.40. The average Bonchev–Trinajstić information content (AvgIpc) is 2.34. The Morgan fingerprint density at radius 2 is 2.22 bits per heavy atom. The predicted octanol–water partition coefficient (Wildman–Crippen LogP) is -1.22. The van der Waals surface area contributed by atoms with E-state index in [1.807, 2.05) is 16.0 Å². The van der Waals surface area contributed by atoms with Crippen LogP contribution in [0.25, 0.3) is 0 Å². The van der Waals surface area contributed by atoms with Gasteiger partial charge in [-0.05, 0) is 0 Å². The molecule has 0 aliphatic carbocycles. The first-order valence-electron chi connectivity index (χ1n) is 2.23. The molecule has 0 saturated heterocycles. The van der Waals surface area contributed by atoms with E-state index < -0.39 is 0 Å². The van der Waals surface area contributed by atoms with Gasteiger partial charge in [-0.1, -0.05) is 0 Å². The molecule has 0 amide bonds. The maximum atomic E-state index is 4.15. The average molecular weight is 314 g/mol. The summed E-state index contributed by atoms with van der Waals surface area (Å²) in [5.41, 5.74) is 0. The van der Waals surface area contributed by atoms with Gasteiger partial charge in [-0.2, -0.15) is 0 Å². The molecule has 9 heavy (non-hydrogen) atoms. The van der Waals surface area contributed by atoms with Gasteiger partial charge in [0, 0.05) is 0 Å². The van der Waals surface area contributed by atoms with Gasteiger partial charge >= 0.3 is 75.7 Å². The van der Waals surface area contributed by atoms with E-state index in [1.165, 1.54) is 9.01 Å². The SMILES string of the molecule is [Se]=Cc1cnc(C=[Se])[se]1. The molecule has 0 spiro atoms. The minimum atomic E-state index is 0.441. The first kappa shape index (κ1) is 7.81. The molecule has 0 aromatic carbocycles. The molecule has 0 fully saturated rings. The van der Waals surface area contributed by atoms with Crippen LogP contribution in [-0.4, -0.2) is 60.5 Å². The molecule has 0 radical (unpaired) electrons. The molecular weight excluding hydrogens is 311 g/mol. The van der Waals surface area contributed by atoms with Gasteiger partial charge in [0.15, 0.2) is 0 Å². The summed E-state index contributed by atoms with van der Waals surface area (Å²) in [4.78, 5) is 8.07. The van der Waals surface area contributed by atoms with E-state index in [4.69, 9.17) is 0 Å². The van der Waals surface area contributed by atoms with Crippen molar-refractivity contribution in [3.63, 3.8) is 0 Å². The van der Waals surface area contributed by atoms with Crippen LogP contribution in [0.3, 0.4) is 0 Å². The zero-order chi connectivity index (χ0) is 6.69. The van der Waals surface area contributed by atoms with Gasteiger partial charge in [-0.15, -0.1) is 0 Å². The zero-order valence-corrected chi connectivity index (χ0v) is 9.54. The maximum absolute atomic E-state index is 4.15. The minimum absolute atomic E-state index is 0.441. The van der Waals surface area contributed by atoms with Crippen molar-refractivity contribution in [2.45, 2.75) is 0 Å². The number of hydrogen-bond acceptors (Lipinski definition) is 1. The second kappa shape index (κ2) is 3.77. The van der Waals surface area contributed by atoms with Gasteiger partial charge in [-0.3, -0.25) is 0 Å². The molecular formula is C5H3NSe3. The van der Waals surface area contributed by atoms with Gasteiger partial charge in [-0.25, -0.2) is 0 Å². The van der Waals surface area contributed by atoms with E-state index in [1.54, 1.807) is 0 Å². The summed E-state index contributed by atoms with van der Waals surface area (Å²) in [5, 5.41) is 0. The third-order valence-electron chi connectivity index (χ3n) is 0.758. The fourth-order valence-corrected chi connectivity index (χ4v) is 2.86. The van der Waals surface area contributed by atoms with Crippen LogP contribution in [-0.2, 0) is 0 Å². The summed E-state index contributed by atoms with van der Waals surface area (Å²) in [6.45, 7) is 0. The van der Waals surface area contributed by atoms with Crippen molar-refractivity contribution in [3.8, 4) is 0 Å². The van der Waals surface area contributed by atoms with E-state index in [0.717, 1.165) is 0 Å². The summed E-state index contributed by atoms with van der Waals surface area (Å²) in [7, 11) is 0. The van der Waals surface area contributed by atoms with Gasteiger partial charge in [0.2, 0.25) is 0 Å². The van der Waals surface area contributed by atoms with Gasteiger partial charge in [0.25, 0.3) is 0 Å². The molecule has 46 valence electrons. The van der Waals surface area contributed by atoms with E-state index in [2.05, 4.69) is 36.1 Å². The molecule has 0 saturated carbocycles. The van der Waals surface area contributed by atoms with Crippen LogP contribution in [0, 0.1) is 0 Å². The van der Waals surface area contributed by atoms with Gasteiger partial charge < -0.3 is 0 Å². The van der Waals surface area contributed by atoms with E-state index in [9.17, 15) is 0 Å². The van der Waals surface area contributed by atoms with Gasteiger partial charge in [0.05, 0.1) is 0 Å². The van der Waals surface area contributed by atoms with E-state index in [0.29, 0.717) is 14.5 Å². The van der Waals surface area contributed by atoms with Crippen LogP contribution < -0.4 is 0 Å². The standard InChI is InChI=1S/C5H3NSe3/c7-2-4-1-6-5(3-8)9-4/h1-3H. The van der Waals surface area contributed by atoms with Crippen LogP contribution in [0.5, 0.6) is 0 Å². The number of rotatable bonds is 2. The fourth-order valence-electron chi connectivity index (χ4n) is 0.410. The Bertz CT molecular complexity index is 205. The number of aromatic nitrogens is 1. The Morgan fingerprint density at radius 1 is 1.44 bits per heavy atom. The second-order valence-corrected chi connectivity index (χ2v) is 4.62. The molecule has 0 bridgehead atoms. The van der Waals surface area contributed by atoms with Crippen LogP contribution in [0.1, 0.15) is 9.01 Å². The topological polar surface area (TPSA) is 12.9 Å². The monoisotopic (exact) mass is 317 g/mol. The van der Waals surface area contributed by atoms with E-state index in [-0.39, 0.29) is 0 Å². The third-order valence-corrected chi connectivity index (χ3v) is 5.14. The summed E-state index contributed by atoms with van der Waals surface area (Å²) in [5.74, 6) is 0. The Balaban J connectivity index is 2.98. The third kappa shape index (κ3) is 2.09. The van der Waals surface area contributed by atoms with Crippen LogP contribution in [0.15, 0.2) is 6.20 Å². The van der Waals surface area contributed by atoms with Crippen molar-refractivity contribution in [3.05, 3.63) is 15.2 Å². The van der Waals surface area contributed by atoms with Crippen LogP contribution >= 0.6 is 0 Å². The Hall–Kier alpha value is 0.708. The Labute approximate surface area is 75.3 Å². The Morgan fingerprint density at radius 3 is 2.56 bits per heavy atom. The molecule has 1 aromatic rings. The first-order valence-corrected chi connectivity index (χ1v) is 5.92. The second-order valence-electron chi connectivity index (χ2n) is 1.34. The quantitative estimate of drug-likeness (QED) is 0.624. The van der Waals surface area contributed by atoms with Crippen LogP contribution in [0.2, 0.25) is 0 Å². The molecule has 0 unspecified atom stereocenters. The molecule has 1 nitrogen and oxygen atoms in total. The number of nitrogens with zero attached hydrogens (tertiary/aromatic N) is 1. The molecule has 0 N–H and O–H groups in total. The van der Waals surface area contributed by atoms with Crippen molar-refractivity contribution < 1.29 is 0 Å².